The van der Waals surface area contributed by atoms with Gasteiger partial charge in [-0.25, -0.2) is 5.43 Å². The fraction of sp³-hybridized carbons (Fsp3) is 0.269. The van der Waals surface area contributed by atoms with Crippen LogP contribution in [0.15, 0.2) is 58.0 Å². The van der Waals surface area contributed by atoms with Gasteiger partial charge in [-0.3, -0.25) is 9.59 Å². The molecule has 2 amide bonds. The normalized spacial score (nSPS) is 14.2. The molecular weight excluding hydrogens is 402 g/mol. The van der Waals surface area contributed by atoms with E-state index in [0.29, 0.717) is 17.7 Å². The number of fused-ring (bicyclic) bond motifs is 1. The Hall–Kier alpha value is -3.67. The molecule has 2 N–H and O–H groups in total. The highest BCUT2D eigenvalue weighted by molar-refractivity contribution is 6.09. The first kappa shape index (κ1) is 21.6. The largest absolute Gasteiger partial charge is 0.455 e. The minimum atomic E-state index is -0.277. The van der Waals surface area contributed by atoms with Crippen molar-refractivity contribution >= 4 is 23.2 Å². The highest BCUT2D eigenvalue weighted by Crippen LogP contribution is 2.30. The van der Waals surface area contributed by atoms with Crippen LogP contribution in [0, 0.1) is 13.8 Å². The molecule has 3 aromatic rings. The van der Waals surface area contributed by atoms with Gasteiger partial charge < -0.3 is 9.73 Å². The number of nitrogens with one attached hydrogen (secondary N) is 2. The summed E-state index contributed by atoms with van der Waals surface area (Å²) in [6.45, 7) is 5.81. The number of anilines is 1. The first-order valence-corrected chi connectivity index (χ1v) is 10.9. The zero-order valence-corrected chi connectivity index (χ0v) is 18.6. The van der Waals surface area contributed by atoms with Gasteiger partial charge in [0.05, 0.1) is 5.71 Å². The number of carbonyl (C=O) groups excluding carboxylic acids is 2. The lowest BCUT2D eigenvalue weighted by Gasteiger charge is -2.13. The van der Waals surface area contributed by atoms with Crippen LogP contribution in [0.3, 0.4) is 0 Å². The number of aryl methyl sites for hydroxylation is 3. The average Bonchev–Trinajstić information content (AvgIpc) is 3.15. The van der Waals surface area contributed by atoms with Crippen LogP contribution in [-0.2, 0) is 12.8 Å². The number of hydrogen-bond donors (Lipinski definition) is 2. The van der Waals surface area contributed by atoms with Crippen molar-refractivity contribution in [2.75, 3.05) is 5.32 Å². The predicted molar refractivity (Wildman–Crippen MR) is 125 cm³/mol. The van der Waals surface area contributed by atoms with Crippen molar-refractivity contribution in [3.8, 4) is 0 Å². The van der Waals surface area contributed by atoms with E-state index in [1.165, 1.54) is 0 Å². The second-order valence-electron chi connectivity index (χ2n) is 7.99. The number of para-hydroxylation sites is 1. The molecule has 0 aliphatic heterocycles. The number of hydrazone groups is 1. The molecule has 32 heavy (non-hydrogen) atoms. The Morgan fingerprint density at radius 1 is 1.00 bits per heavy atom. The molecule has 0 fully saturated rings. The van der Waals surface area contributed by atoms with Gasteiger partial charge in [-0.2, -0.15) is 5.10 Å². The summed E-state index contributed by atoms with van der Waals surface area (Å²) in [5.74, 6) is 0.506. The van der Waals surface area contributed by atoms with Gasteiger partial charge in [0, 0.05) is 28.8 Å². The summed E-state index contributed by atoms with van der Waals surface area (Å²) < 4.78 is 5.98. The molecule has 1 aliphatic rings. The Morgan fingerprint density at radius 3 is 2.53 bits per heavy atom. The predicted octanol–water partition coefficient (Wildman–Crippen LogP) is 5.18. The SMILES string of the molecule is CCc1ccccc1NC(=O)c1oc2c(c1C)/C(=N/NC(=O)c1ccccc1C)CCC2. The molecule has 6 heteroatoms. The minimum Gasteiger partial charge on any atom is -0.455 e. The summed E-state index contributed by atoms with van der Waals surface area (Å²) in [7, 11) is 0. The molecule has 1 aliphatic carbocycles. The monoisotopic (exact) mass is 429 g/mol. The van der Waals surface area contributed by atoms with Crippen LogP contribution in [0.5, 0.6) is 0 Å². The molecule has 0 radical (unpaired) electrons. The van der Waals surface area contributed by atoms with E-state index in [1.54, 1.807) is 6.07 Å². The molecular formula is C26H27N3O3. The van der Waals surface area contributed by atoms with E-state index < -0.39 is 0 Å². The number of nitrogens with zero attached hydrogens (tertiary/aromatic N) is 1. The second kappa shape index (κ2) is 9.22. The van der Waals surface area contributed by atoms with Crippen molar-refractivity contribution in [1.82, 2.24) is 5.43 Å². The van der Waals surface area contributed by atoms with Crippen molar-refractivity contribution in [1.29, 1.82) is 0 Å². The maximum atomic E-state index is 13.0. The maximum Gasteiger partial charge on any atom is 0.291 e. The van der Waals surface area contributed by atoms with Gasteiger partial charge in [0.25, 0.3) is 11.8 Å². The Balaban J connectivity index is 1.59. The van der Waals surface area contributed by atoms with Gasteiger partial charge in [0.1, 0.15) is 5.76 Å². The highest BCUT2D eigenvalue weighted by Gasteiger charge is 2.28. The van der Waals surface area contributed by atoms with Crippen LogP contribution in [0.1, 0.15) is 68.7 Å². The molecule has 2 aromatic carbocycles. The van der Waals surface area contributed by atoms with Gasteiger partial charge in [-0.1, -0.05) is 43.3 Å². The van der Waals surface area contributed by atoms with Crippen molar-refractivity contribution in [3.63, 3.8) is 0 Å². The lowest BCUT2D eigenvalue weighted by Crippen LogP contribution is -2.22. The van der Waals surface area contributed by atoms with E-state index in [0.717, 1.165) is 58.7 Å². The van der Waals surface area contributed by atoms with E-state index in [1.807, 2.05) is 56.3 Å². The zero-order chi connectivity index (χ0) is 22.7. The van der Waals surface area contributed by atoms with E-state index in [-0.39, 0.29) is 11.8 Å². The van der Waals surface area contributed by atoms with Gasteiger partial charge in [-0.15, -0.1) is 0 Å². The lowest BCUT2D eigenvalue weighted by molar-refractivity contribution is 0.0953. The summed E-state index contributed by atoms with van der Waals surface area (Å²) in [6.07, 6.45) is 3.11. The third-order valence-electron chi connectivity index (χ3n) is 5.86. The number of hydrogen-bond acceptors (Lipinski definition) is 4. The minimum absolute atomic E-state index is 0.252. The van der Waals surface area contributed by atoms with Crippen molar-refractivity contribution < 1.29 is 14.0 Å². The van der Waals surface area contributed by atoms with Crippen LogP contribution in [0.4, 0.5) is 5.69 Å². The summed E-state index contributed by atoms with van der Waals surface area (Å²) in [5.41, 5.74) is 8.32. The topological polar surface area (TPSA) is 83.7 Å². The van der Waals surface area contributed by atoms with E-state index in [2.05, 4.69) is 22.8 Å². The molecule has 0 bridgehead atoms. The molecule has 0 saturated heterocycles. The average molecular weight is 430 g/mol. The molecule has 0 saturated carbocycles. The number of furan rings is 1. The van der Waals surface area contributed by atoms with Crippen LogP contribution < -0.4 is 10.7 Å². The molecule has 164 valence electrons. The summed E-state index contributed by atoms with van der Waals surface area (Å²) in [5, 5.41) is 7.39. The van der Waals surface area contributed by atoms with Crippen molar-refractivity contribution in [3.05, 3.63) is 87.9 Å². The van der Waals surface area contributed by atoms with E-state index in [9.17, 15) is 9.59 Å². The van der Waals surface area contributed by atoms with Gasteiger partial charge in [0.2, 0.25) is 0 Å². The molecule has 6 nitrogen and oxygen atoms in total. The van der Waals surface area contributed by atoms with Crippen LogP contribution in [0.2, 0.25) is 0 Å². The first-order chi connectivity index (χ1) is 15.5. The van der Waals surface area contributed by atoms with Gasteiger partial charge in [-0.05, 0) is 56.4 Å². The van der Waals surface area contributed by atoms with Crippen LogP contribution in [0.25, 0.3) is 0 Å². The number of amides is 2. The molecule has 1 heterocycles. The number of carbonyl (C=O) groups is 2. The fourth-order valence-corrected chi connectivity index (χ4v) is 4.13. The Kier molecular flexibility index (Phi) is 6.21. The van der Waals surface area contributed by atoms with Crippen molar-refractivity contribution in [2.24, 2.45) is 5.10 Å². The zero-order valence-electron chi connectivity index (χ0n) is 18.6. The standard InChI is InChI=1S/C26H27N3O3/c1-4-18-11-6-8-13-20(18)27-26(31)24-17(3)23-21(14-9-15-22(23)32-24)28-29-25(30)19-12-7-5-10-16(19)2/h5-8,10-13H,4,9,14-15H2,1-3H3,(H,27,31)(H,29,30)/b28-21+. The molecule has 0 unspecified atom stereocenters. The molecule has 0 atom stereocenters. The second-order valence-corrected chi connectivity index (χ2v) is 7.99. The molecule has 0 spiro atoms. The van der Waals surface area contributed by atoms with Crippen LogP contribution >= 0.6 is 0 Å². The number of rotatable bonds is 5. The third kappa shape index (κ3) is 4.21. The first-order valence-electron chi connectivity index (χ1n) is 10.9. The van der Waals surface area contributed by atoms with Gasteiger partial charge in [0.15, 0.2) is 5.76 Å². The van der Waals surface area contributed by atoms with E-state index in [4.69, 9.17) is 4.42 Å². The van der Waals surface area contributed by atoms with Crippen molar-refractivity contribution in [2.45, 2.75) is 46.5 Å². The third-order valence-corrected chi connectivity index (χ3v) is 5.86. The van der Waals surface area contributed by atoms with Crippen LogP contribution in [-0.4, -0.2) is 17.5 Å². The fourth-order valence-electron chi connectivity index (χ4n) is 4.13. The lowest BCUT2D eigenvalue weighted by atomic mass is 9.93. The molecule has 1 aromatic heterocycles. The maximum absolute atomic E-state index is 13.0. The quantitative estimate of drug-likeness (QED) is 0.548. The summed E-state index contributed by atoms with van der Waals surface area (Å²) >= 11 is 0. The Bertz CT molecular complexity index is 1210. The van der Waals surface area contributed by atoms with E-state index >= 15 is 0 Å². The highest BCUT2D eigenvalue weighted by atomic mass is 16.4. The Labute approximate surface area is 187 Å². The summed E-state index contributed by atoms with van der Waals surface area (Å²) in [6, 6.07) is 15.1. The Morgan fingerprint density at radius 2 is 1.75 bits per heavy atom. The smallest absolute Gasteiger partial charge is 0.291 e. The molecule has 4 rings (SSSR count). The number of benzene rings is 2. The summed E-state index contributed by atoms with van der Waals surface area (Å²) in [4.78, 5) is 25.6. The van der Waals surface area contributed by atoms with Gasteiger partial charge >= 0.3 is 0 Å².